The highest BCUT2D eigenvalue weighted by atomic mass is 79.9. The molecule has 0 aliphatic heterocycles. The predicted molar refractivity (Wildman–Crippen MR) is 70.1 cm³/mol. The van der Waals surface area contributed by atoms with Crippen LogP contribution in [0.4, 0.5) is 5.69 Å². The van der Waals surface area contributed by atoms with Crippen molar-refractivity contribution in [1.82, 2.24) is 9.97 Å². The molecule has 2 rings (SSSR count). The molecule has 0 atom stereocenters. The number of ether oxygens (including phenoxy) is 1. The van der Waals surface area contributed by atoms with Crippen LogP contribution in [0.25, 0.3) is 0 Å². The van der Waals surface area contributed by atoms with Crippen molar-refractivity contribution in [2.45, 2.75) is 13.8 Å². The summed E-state index contributed by atoms with van der Waals surface area (Å²) in [5, 5.41) is 0. The standard InChI is InChI=1S/C12H12BrN3O/c1-7-5-8(2)16-12(15-7)17-11-6-9(14)3-4-10(11)13/h3-6H,14H2,1-2H3. The van der Waals surface area contributed by atoms with Crippen LogP contribution in [-0.2, 0) is 0 Å². The van der Waals surface area contributed by atoms with E-state index in [4.69, 9.17) is 10.5 Å². The van der Waals surface area contributed by atoms with Crippen LogP contribution in [0.5, 0.6) is 11.8 Å². The van der Waals surface area contributed by atoms with Gasteiger partial charge in [-0.15, -0.1) is 0 Å². The Bertz CT molecular complexity index is 537. The first-order valence-corrected chi connectivity index (χ1v) is 5.89. The summed E-state index contributed by atoms with van der Waals surface area (Å²) < 4.78 is 6.42. The van der Waals surface area contributed by atoms with Gasteiger partial charge in [-0.1, -0.05) is 0 Å². The Morgan fingerprint density at radius 1 is 1.12 bits per heavy atom. The molecule has 2 N–H and O–H groups in total. The van der Waals surface area contributed by atoms with Gasteiger partial charge in [0, 0.05) is 23.1 Å². The van der Waals surface area contributed by atoms with Crippen LogP contribution in [0.2, 0.25) is 0 Å². The molecule has 0 saturated carbocycles. The van der Waals surface area contributed by atoms with Gasteiger partial charge in [-0.2, -0.15) is 0 Å². The number of hydrogen-bond acceptors (Lipinski definition) is 4. The van der Waals surface area contributed by atoms with Crippen LogP contribution < -0.4 is 10.5 Å². The molecule has 5 heteroatoms. The first-order chi connectivity index (χ1) is 8.04. The fourth-order valence-electron chi connectivity index (χ4n) is 1.44. The van der Waals surface area contributed by atoms with Crippen molar-refractivity contribution in [2.24, 2.45) is 0 Å². The molecule has 0 amide bonds. The molecule has 0 saturated heterocycles. The van der Waals surface area contributed by atoms with Crippen molar-refractivity contribution >= 4 is 21.6 Å². The second kappa shape index (κ2) is 4.71. The maximum absolute atomic E-state index is 5.70. The van der Waals surface area contributed by atoms with Crippen molar-refractivity contribution in [3.05, 3.63) is 40.1 Å². The third kappa shape index (κ3) is 2.94. The Morgan fingerprint density at radius 2 is 1.76 bits per heavy atom. The van der Waals surface area contributed by atoms with E-state index in [1.807, 2.05) is 26.0 Å². The van der Waals surface area contributed by atoms with E-state index in [2.05, 4.69) is 25.9 Å². The Kier molecular flexibility index (Phi) is 3.28. The van der Waals surface area contributed by atoms with E-state index >= 15 is 0 Å². The van der Waals surface area contributed by atoms with Crippen molar-refractivity contribution in [3.63, 3.8) is 0 Å². The zero-order valence-corrected chi connectivity index (χ0v) is 11.2. The van der Waals surface area contributed by atoms with E-state index in [-0.39, 0.29) is 0 Å². The Labute approximate surface area is 108 Å². The maximum Gasteiger partial charge on any atom is 0.322 e. The first-order valence-electron chi connectivity index (χ1n) is 5.10. The molecular weight excluding hydrogens is 282 g/mol. The summed E-state index contributed by atoms with van der Waals surface area (Å²) in [4.78, 5) is 8.41. The molecule has 0 spiro atoms. The minimum absolute atomic E-state index is 0.328. The molecule has 2 aromatic rings. The first kappa shape index (κ1) is 11.9. The zero-order chi connectivity index (χ0) is 12.4. The molecule has 0 fully saturated rings. The summed E-state index contributed by atoms with van der Waals surface area (Å²) in [6.07, 6.45) is 0. The number of anilines is 1. The minimum Gasteiger partial charge on any atom is -0.423 e. The SMILES string of the molecule is Cc1cc(C)nc(Oc2cc(N)ccc2Br)n1. The molecule has 0 aliphatic carbocycles. The van der Waals surface area contributed by atoms with Gasteiger partial charge in [0.15, 0.2) is 0 Å². The van der Waals surface area contributed by atoms with E-state index in [9.17, 15) is 0 Å². The van der Waals surface area contributed by atoms with Gasteiger partial charge in [0.2, 0.25) is 0 Å². The summed E-state index contributed by atoms with van der Waals surface area (Å²) in [5.41, 5.74) is 8.07. The number of nitrogens with two attached hydrogens (primary N) is 1. The van der Waals surface area contributed by atoms with Crippen LogP contribution in [-0.4, -0.2) is 9.97 Å². The average molecular weight is 294 g/mol. The van der Waals surface area contributed by atoms with E-state index in [1.165, 1.54) is 0 Å². The van der Waals surface area contributed by atoms with Crippen LogP contribution >= 0.6 is 15.9 Å². The van der Waals surface area contributed by atoms with Crippen molar-refractivity contribution in [1.29, 1.82) is 0 Å². The lowest BCUT2D eigenvalue weighted by Crippen LogP contribution is -1.97. The summed E-state index contributed by atoms with van der Waals surface area (Å²) in [6, 6.07) is 7.56. The number of halogens is 1. The molecule has 0 aliphatic rings. The second-order valence-electron chi connectivity index (χ2n) is 3.73. The van der Waals surface area contributed by atoms with Crippen LogP contribution in [0, 0.1) is 13.8 Å². The lowest BCUT2D eigenvalue weighted by molar-refractivity contribution is 0.436. The fraction of sp³-hybridized carbons (Fsp3) is 0.167. The third-order valence-electron chi connectivity index (χ3n) is 2.12. The number of nitrogen functional groups attached to an aromatic ring is 1. The molecule has 1 aromatic carbocycles. The highest BCUT2D eigenvalue weighted by Gasteiger charge is 2.06. The van der Waals surface area contributed by atoms with E-state index in [0.29, 0.717) is 17.4 Å². The number of rotatable bonds is 2. The summed E-state index contributed by atoms with van der Waals surface area (Å²) >= 11 is 3.39. The molecule has 1 heterocycles. The highest BCUT2D eigenvalue weighted by molar-refractivity contribution is 9.10. The van der Waals surface area contributed by atoms with Gasteiger partial charge in [0.25, 0.3) is 0 Å². The average Bonchev–Trinajstić information content (AvgIpc) is 2.22. The van der Waals surface area contributed by atoms with E-state index < -0.39 is 0 Å². The number of nitrogens with zero attached hydrogens (tertiary/aromatic N) is 2. The second-order valence-corrected chi connectivity index (χ2v) is 4.58. The van der Waals surface area contributed by atoms with Crippen molar-refractivity contribution < 1.29 is 4.74 Å². The lowest BCUT2D eigenvalue weighted by Gasteiger charge is -2.07. The molecule has 4 nitrogen and oxygen atoms in total. The van der Waals surface area contributed by atoms with Gasteiger partial charge in [0.05, 0.1) is 4.47 Å². The molecule has 0 bridgehead atoms. The monoisotopic (exact) mass is 293 g/mol. The summed E-state index contributed by atoms with van der Waals surface area (Å²) in [7, 11) is 0. The van der Waals surface area contributed by atoms with Crippen LogP contribution in [0.1, 0.15) is 11.4 Å². The van der Waals surface area contributed by atoms with Gasteiger partial charge < -0.3 is 10.5 Å². The normalized spacial score (nSPS) is 10.3. The molecule has 17 heavy (non-hydrogen) atoms. The third-order valence-corrected chi connectivity index (χ3v) is 2.77. The molecule has 0 radical (unpaired) electrons. The number of hydrogen-bond donors (Lipinski definition) is 1. The fourth-order valence-corrected chi connectivity index (χ4v) is 1.76. The quantitative estimate of drug-likeness (QED) is 0.864. The van der Waals surface area contributed by atoms with Gasteiger partial charge in [-0.05, 0) is 48.0 Å². The van der Waals surface area contributed by atoms with Gasteiger partial charge in [-0.3, -0.25) is 0 Å². The van der Waals surface area contributed by atoms with Crippen molar-refractivity contribution in [3.8, 4) is 11.8 Å². The number of aromatic nitrogens is 2. The van der Waals surface area contributed by atoms with Gasteiger partial charge in [0.1, 0.15) is 5.75 Å². The highest BCUT2D eigenvalue weighted by Crippen LogP contribution is 2.30. The van der Waals surface area contributed by atoms with Gasteiger partial charge >= 0.3 is 6.01 Å². The number of benzene rings is 1. The largest absolute Gasteiger partial charge is 0.423 e. The summed E-state index contributed by atoms with van der Waals surface area (Å²) in [5.74, 6) is 0.606. The Balaban J connectivity index is 2.34. The molecule has 88 valence electrons. The molecular formula is C12H12BrN3O. The predicted octanol–water partition coefficient (Wildman–Crippen LogP) is 3.23. The van der Waals surface area contributed by atoms with Crippen LogP contribution in [0.3, 0.4) is 0 Å². The number of aryl methyl sites for hydroxylation is 2. The maximum atomic E-state index is 5.70. The van der Waals surface area contributed by atoms with Crippen LogP contribution in [0.15, 0.2) is 28.7 Å². The zero-order valence-electron chi connectivity index (χ0n) is 9.57. The van der Waals surface area contributed by atoms with Gasteiger partial charge in [-0.25, -0.2) is 9.97 Å². The Hall–Kier alpha value is -1.62. The molecule has 1 aromatic heterocycles. The minimum atomic E-state index is 0.328. The smallest absolute Gasteiger partial charge is 0.322 e. The molecule has 0 unspecified atom stereocenters. The van der Waals surface area contributed by atoms with E-state index in [1.54, 1.807) is 12.1 Å². The Morgan fingerprint density at radius 3 is 2.41 bits per heavy atom. The lowest BCUT2D eigenvalue weighted by atomic mass is 10.3. The topological polar surface area (TPSA) is 61.0 Å². The van der Waals surface area contributed by atoms with E-state index in [0.717, 1.165) is 15.9 Å². The van der Waals surface area contributed by atoms with Crippen molar-refractivity contribution in [2.75, 3.05) is 5.73 Å². The summed E-state index contributed by atoms with van der Waals surface area (Å²) in [6.45, 7) is 3.80.